The summed E-state index contributed by atoms with van der Waals surface area (Å²) in [5.74, 6) is 1.02. The second kappa shape index (κ2) is 7.43. The number of rotatable bonds is 5. The Kier molecular flexibility index (Phi) is 4.64. The van der Waals surface area contributed by atoms with Crippen molar-refractivity contribution in [2.24, 2.45) is 0 Å². The summed E-state index contributed by atoms with van der Waals surface area (Å²) >= 11 is 0. The predicted molar refractivity (Wildman–Crippen MR) is 112 cm³/mol. The van der Waals surface area contributed by atoms with Crippen molar-refractivity contribution in [1.82, 2.24) is 14.4 Å². The molecule has 1 atom stereocenters. The lowest BCUT2D eigenvalue weighted by Crippen LogP contribution is -2.19. The summed E-state index contributed by atoms with van der Waals surface area (Å²) < 4.78 is 7.88. The van der Waals surface area contributed by atoms with E-state index in [1.165, 1.54) is 29.7 Å². The fourth-order valence-corrected chi connectivity index (χ4v) is 4.36. The molecule has 2 saturated heterocycles. The molecule has 2 aromatic heterocycles. The number of ether oxygens (including phenoxy) is 1. The second-order valence-electron chi connectivity index (χ2n) is 7.82. The third-order valence-electron chi connectivity index (χ3n) is 5.89. The lowest BCUT2D eigenvalue weighted by Gasteiger charge is -2.19. The summed E-state index contributed by atoms with van der Waals surface area (Å²) in [7, 11) is 0. The summed E-state index contributed by atoms with van der Waals surface area (Å²) in [6, 6.07) is 6.75. The zero-order valence-electron chi connectivity index (χ0n) is 16.4. The lowest BCUT2D eigenvalue weighted by atomic mass is 10.0. The largest absolute Gasteiger partial charge is 0.376 e. The van der Waals surface area contributed by atoms with E-state index in [9.17, 15) is 0 Å². The van der Waals surface area contributed by atoms with Crippen LogP contribution in [0.1, 0.15) is 31.2 Å². The highest BCUT2D eigenvalue weighted by Crippen LogP contribution is 2.33. The summed E-state index contributed by atoms with van der Waals surface area (Å²) in [5, 5.41) is 3.61. The Balaban J connectivity index is 1.51. The molecular weight excluding hydrogens is 350 g/mol. The molecule has 1 aromatic carbocycles. The molecule has 3 aromatic rings. The molecule has 5 rings (SSSR count). The lowest BCUT2D eigenvalue weighted by molar-refractivity contribution is 0.120. The minimum atomic E-state index is 0.277. The topological polar surface area (TPSA) is 54.7 Å². The Morgan fingerprint density at radius 1 is 1.21 bits per heavy atom. The van der Waals surface area contributed by atoms with Crippen LogP contribution >= 0.6 is 0 Å². The average molecular weight is 377 g/mol. The van der Waals surface area contributed by atoms with E-state index >= 15 is 0 Å². The number of nitrogens with one attached hydrogen (secondary N) is 1. The molecule has 0 saturated carbocycles. The fourth-order valence-electron chi connectivity index (χ4n) is 4.36. The van der Waals surface area contributed by atoms with Crippen LogP contribution in [0.3, 0.4) is 0 Å². The van der Waals surface area contributed by atoms with E-state index < -0.39 is 0 Å². The maximum absolute atomic E-state index is 5.80. The number of anilines is 2. The van der Waals surface area contributed by atoms with Gasteiger partial charge in [0.05, 0.1) is 12.3 Å². The van der Waals surface area contributed by atoms with Crippen LogP contribution in [0.4, 0.5) is 11.5 Å². The molecule has 2 aliphatic rings. The van der Waals surface area contributed by atoms with Crippen LogP contribution in [-0.4, -0.2) is 46.7 Å². The van der Waals surface area contributed by atoms with Crippen molar-refractivity contribution in [3.05, 3.63) is 42.4 Å². The number of nitrogens with zero attached hydrogens (tertiary/aromatic N) is 4. The molecular formula is C22H27N5O. The van der Waals surface area contributed by atoms with Gasteiger partial charge < -0.3 is 15.0 Å². The van der Waals surface area contributed by atoms with E-state index in [-0.39, 0.29) is 6.10 Å². The van der Waals surface area contributed by atoms with Gasteiger partial charge in [0.25, 0.3) is 0 Å². The second-order valence-corrected chi connectivity index (χ2v) is 7.82. The van der Waals surface area contributed by atoms with Crippen molar-refractivity contribution < 1.29 is 4.74 Å². The van der Waals surface area contributed by atoms with Crippen LogP contribution in [0.15, 0.2) is 36.8 Å². The van der Waals surface area contributed by atoms with Crippen LogP contribution in [0, 0.1) is 6.92 Å². The molecule has 146 valence electrons. The van der Waals surface area contributed by atoms with Gasteiger partial charge in [0.2, 0.25) is 0 Å². The van der Waals surface area contributed by atoms with Crippen LogP contribution in [0.2, 0.25) is 0 Å². The minimum Gasteiger partial charge on any atom is -0.376 e. The molecule has 2 fully saturated rings. The predicted octanol–water partition coefficient (Wildman–Crippen LogP) is 3.90. The summed E-state index contributed by atoms with van der Waals surface area (Å²) in [6.07, 6.45) is 10.7. The quantitative estimate of drug-likeness (QED) is 0.731. The summed E-state index contributed by atoms with van der Waals surface area (Å²) in [6.45, 7) is 6.17. The Morgan fingerprint density at radius 2 is 2.11 bits per heavy atom. The maximum Gasteiger partial charge on any atom is 0.157 e. The number of aromatic nitrogens is 3. The highest BCUT2D eigenvalue weighted by Gasteiger charge is 2.20. The number of hydrogen-bond acceptors (Lipinski definition) is 5. The molecule has 28 heavy (non-hydrogen) atoms. The molecule has 4 heterocycles. The third kappa shape index (κ3) is 3.22. The summed E-state index contributed by atoms with van der Waals surface area (Å²) in [5.41, 5.74) is 5.58. The average Bonchev–Trinajstić information content (AvgIpc) is 3.46. The van der Waals surface area contributed by atoms with Crippen LogP contribution < -0.4 is 10.2 Å². The van der Waals surface area contributed by atoms with Gasteiger partial charge in [0, 0.05) is 49.9 Å². The van der Waals surface area contributed by atoms with Gasteiger partial charge in [0.15, 0.2) is 5.65 Å². The van der Waals surface area contributed by atoms with E-state index in [4.69, 9.17) is 9.72 Å². The molecule has 0 unspecified atom stereocenters. The van der Waals surface area contributed by atoms with Gasteiger partial charge in [-0.15, -0.1) is 0 Å². The van der Waals surface area contributed by atoms with E-state index in [0.717, 1.165) is 56.2 Å². The van der Waals surface area contributed by atoms with E-state index in [1.807, 2.05) is 12.4 Å². The van der Waals surface area contributed by atoms with Crippen molar-refractivity contribution in [3.8, 4) is 11.3 Å². The zero-order valence-corrected chi connectivity index (χ0v) is 16.4. The molecule has 6 nitrogen and oxygen atoms in total. The zero-order chi connectivity index (χ0) is 18.9. The normalized spacial score (nSPS) is 19.6. The Labute approximate surface area is 165 Å². The van der Waals surface area contributed by atoms with Crippen LogP contribution in [0.25, 0.3) is 16.9 Å². The monoisotopic (exact) mass is 377 g/mol. The van der Waals surface area contributed by atoms with Gasteiger partial charge in [-0.05, 0) is 50.3 Å². The number of benzene rings is 1. The maximum atomic E-state index is 5.80. The molecule has 0 radical (unpaired) electrons. The van der Waals surface area contributed by atoms with Crippen LogP contribution in [-0.2, 0) is 4.74 Å². The van der Waals surface area contributed by atoms with E-state index in [1.54, 1.807) is 6.20 Å². The molecule has 0 bridgehead atoms. The molecule has 0 aliphatic carbocycles. The first-order valence-electron chi connectivity index (χ1n) is 10.3. The van der Waals surface area contributed by atoms with Gasteiger partial charge in [-0.1, -0.05) is 6.07 Å². The summed E-state index contributed by atoms with van der Waals surface area (Å²) in [4.78, 5) is 11.6. The van der Waals surface area contributed by atoms with Gasteiger partial charge in [-0.25, -0.2) is 4.98 Å². The first-order valence-corrected chi connectivity index (χ1v) is 10.3. The molecule has 0 spiro atoms. The Morgan fingerprint density at radius 3 is 2.89 bits per heavy atom. The van der Waals surface area contributed by atoms with E-state index in [2.05, 4.69) is 44.7 Å². The fraction of sp³-hybridized carbons (Fsp3) is 0.455. The van der Waals surface area contributed by atoms with Gasteiger partial charge in [0.1, 0.15) is 11.5 Å². The van der Waals surface area contributed by atoms with Crippen molar-refractivity contribution in [2.75, 3.05) is 36.5 Å². The Hall–Kier alpha value is -2.60. The van der Waals surface area contributed by atoms with Gasteiger partial charge in [-0.3, -0.25) is 9.38 Å². The third-order valence-corrected chi connectivity index (χ3v) is 5.89. The number of imidazole rings is 1. The van der Waals surface area contributed by atoms with Crippen molar-refractivity contribution in [1.29, 1.82) is 0 Å². The first kappa shape index (κ1) is 17.5. The molecule has 0 amide bonds. The minimum absolute atomic E-state index is 0.277. The number of fused-ring (bicyclic) bond motifs is 1. The standard InChI is InChI=1S/C22H27N5O/c1-16-13-17(26-9-2-3-10-26)6-7-19(16)21-22(24-14-18-5-4-12-28-18)27-11-8-23-15-20(27)25-21/h6-8,11,13,15,18,24H,2-5,9-10,12,14H2,1H3/t18-/m1/s1. The highest BCUT2D eigenvalue weighted by atomic mass is 16.5. The van der Waals surface area contributed by atoms with Gasteiger partial charge in [-0.2, -0.15) is 0 Å². The van der Waals surface area contributed by atoms with E-state index in [0.29, 0.717) is 0 Å². The first-order chi connectivity index (χ1) is 13.8. The Bertz CT molecular complexity index is 970. The van der Waals surface area contributed by atoms with Gasteiger partial charge >= 0.3 is 0 Å². The smallest absolute Gasteiger partial charge is 0.157 e. The SMILES string of the molecule is Cc1cc(N2CCCC2)ccc1-c1nc2cnccn2c1NC[C@H]1CCCO1. The highest BCUT2D eigenvalue weighted by molar-refractivity contribution is 5.79. The van der Waals surface area contributed by atoms with Crippen molar-refractivity contribution in [3.63, 3.8) is 0 Å². The molecule has 6 heteroatoms. The number of hydrogen-bond donors (Lipinski definition) is 1. The van der Waals surface area contributed by atoms with Crippen molar-refractivity contribution >= 4 is 17.2 Å². The van der Waals surface area contributed by atoms with Crippen LogP contribution in [0.5, 0.6) is 0 Å². The van der Waals surface area contributed by atoms with Crippen molar-refractivity contribution in [2.45, 2.75) is 38.7 Å². The number of aryl methyl sites for hydroxylation is 1. The molecule has 2 aliphatic heterocycles. The molecule has 1 N–H and O–H groups in total.